The summed E-state index contributed by atoms with van der Waals surface area (Å²) in [4.78, 5) is 24.8. The molecule has 0 aliphatic carbocycles. The van der Waals surface area contributed by atoms with Crippen molar-refractivity contribution in [3.05, 3.63) is 87.9 Å². The molecule has 5 nitrogen and oxygen atoms in total. The maximum Gasteiger partial charge on any atom is 0.256 e. The van der Waals surface area contributed by atoms with Crippen LogP contribution in [0.15, 0.2) is 66.7 Å². The zero-order valence-electron chi connectivity index (χ0n) is 16.2. The standard InChI is InChI=1S/C23H20Cl2N2O3/c1-30-21-19(25)12-11-18(24)20(21)23(29)27-14-13-26-22(28)17-9-7-16(8-10-17)15-5-3-2-4-6-15/h2-12H,13-14H2,1H3,(H,26,28)(H,27,29). The van der Waals surface area contributed by atoms with Gasteiger partial charge in [-0.1, -0.05) is 65.7 Å². The van der Waals surface area contributed by atoms with E-state index < -0.39 is 5.91 Å². The largest absolute Gasteiger partial charge is 0.494 e. The lowest BCUT2D eigenvalue weighted by Crippen LogP contribution is -2.35. The molecule has 0 spiro atoms. The highest BCUT2D eigenvalue weighted by molar-refractivity contribution is 6.37. The summed E-state index contributed by atoms with van der Waals surface area (Å²) in [6, 6.07) is 20.4. The van der Waals surface area contributed by atoms with Crippen molar-refractivity contribution in [2.24, 2.45) is 0 Å². The molecule has 7 heteroatoms. The number of amides is 2. The van der Waals surface area contributed by atoms with Gasteiger partial charge in [-0.15, -0.1) is 0 Å². The van der Waals surface area contributed by atoms with Gasteiger partial charge in [0.2, 0.25) is 0 Å². The molecule has 30 heavy (non-hydrogen) atoms. The van der Waals surface area contributed by atoms with Crippen molar-refractivity contribution < 1.29 is 14.3 Å². The average Bonchev–Trinajstić information content (AvgIpc) is 2.78. The monoisotopic (exact) mass is 442 g/mol. The molecule has 0 radical (unpaired) electrons. The molecule has 0 saturated carbocycles. The Hall–Kier alpha value is -3.02. The van der Waals surface area contributed by atoms with Crippen LogP contribution in [0.25, 0.3) is 11.1 Å². The molecule has 0 aliphatic rings. The topological polar surface area (TPSA) is 67.4 Å². The van der Waals surface area contributed by atoms with Crippen LogP contribution in [0.2, 0.25) is 10.0 Å². The number of carbonyl (C=O) groups is 2. The molecule has 3 aromatic rings. The fourth-order valence-corrected chi connectivity index (χ4v) is 3.40. The van der Waals surface area contributed by atoms with Crippen LogP contribution in [0.5, 0.6) is 5.75 Å². The summed E-state index contributed by atoms with van der Waals surface area (Å²) in [6.07, 6.45) is 0. The Morgan fingerprint density at radius 3 is 1.97 bits per heavy atom. The van der Waals surface area contributed by atoms with Gasteiger partial charge in [0, 0.05) is 18.7 Å². The molecular formula is C23H20Cl2N2O3. The maximum absolute atomic E-state index is 12.4. The Labute approximate surface area is 185 Å². The van der Waals surface area contributed by atoms with Gasteiger partial charge in [0.1, 0.15) is 5.56 Å². The first kappa shape index (κ1) is 21.7. The van der Waals surface area contributed by atoms with Gasteiger partial charge in [-0.25, -0.2) is 0 Å². The van der Waals surface area contributed by atoms with Gasteiger partial charge in [-0.2, -0.15) is 0 Å². The Morgan fingerprint density at radius 1 is 0.767 bits per heavy atom. The Morgan fingerprint density at radius 2 is 1.33 bits per heavy atom. The second-order valence-corrected chi connectivity index (χ2v) is 7.21. The number of benzene rings is 3. The first-order chi connectivity index (χ1) is 14.5. The Balaban J connectivity index is 1.53. The minimum atomic E-state index is -0.430. The fraction of sp³-hybridized carbons (Fsp3) is 0.130. The van der Waals surface area contributed by atoms with Crippen molar-refractivity contribution in [2.75, 3.05) is 20.2 Å². The molecule has 3 aromatic carbocycles. The number of hydrogen-bond donors (Lipinski definition) is 2. The number of halogens is 2. The van der Waals surface area contributed by atoms with Gasteiger partial charge >= 0.3 is 0 Å². The zero-order chi connectivity index (χ0) is 21.5. The Kier molecular flexibility index (Phi) is 7.33. The summed E-state index contributed by atoms with van der Waals surface area (Å²) in [6.45, 7) is 0.476. The van der Waals surface area contributed by atoms with Crippen molar-refractivity contribution in [3.8, 4) is 16.9 Å². The van der Waals surface area contributed by atoms with E-state index in [-0.39, 0.29) is 35.3 Å². The Bertz CT molecular complexity index is 1040. The first-order valence-electron chi connectivity index (χ1n) is 9.25. The molecule has 0 aliphatic heterocycles. The fourth-order valence-electron chi connectivity index (χ4n) is 2.93. The predicted octanol–water partition coefficient (Wildman–Crippen LogP) is 4.83. The van der Waals surface area contributed by atoms with Crippen molar-refractivity contribution in [1.82, 2.24) is 10.6 Å². The van der Waals surface area contributed by atoms with E-state index in [2.05, 4.69) is 10.6 Å². The number of carbonyl (C=O) groups excluding carboxylic acids is 2. The highest BCUT2D eigenvalue weighted by Crippen LogP contribution is 2.33. The van der Waals surface area contributed by atoms with Crippen LogP contribution >= 0.6 is 23.2 Å². The van der Waals surface area contributed by atoms with E-state index in [4.69, 9.17) is 27.9 Å². The third-order valence-electron chi connectivity index (χ3n) is 4.44. The molecule has 154 valence electrons. The van der Waals surface area contributed by atoms with E-state index in [0.29, 0.717) is 10.6 Å². The van der Waals surface area contributed by atoms with E-state index in [1.54, 1.807) is 18.2 Å². The van der Waals surface area contributed by atoms with Crippen LogP contribution in [0, 0.1) is 0 Å². The van der Waals surface area contributed by atoms with Gasteiger partial charge in [0.25, 0.3) is 11.8 Å². The summed E-state index contributed by atoms with van der Waals surface area (Å²) in [5.74, 6) is -0.438. The first-order valence-corrected chi connectivity index (χ1v) is 10.0. The zero-order valence-corrected chi connectivity index (χ0v) is 17.8. The van der Waals surface area contributed by atoms with Crippen LogP contribution in [-0.4, -0.2) is 32.0 Å². The lowest BCUT2D eigenvalue weighted by atomic mass is 10.0. The molecule has 2 amide bonds. The molecule has 0 heterocycles. The molecule has 0 unspecified atom stereocenters. The minimum absolute atomic E-state index is 0.162. The van der Waals surface area contributed by atoms with E-state index in [9.17, 15) is 9.59 Å². The summed E-state index contributed by atoms with van der Waals surface area (Å²) in [5.41, 5.74) is 2.82. The van der Waals surface area contributed by atoms with Gasteiger partial charge in [0.05, 0.1) is 17.2 Å². The lowest BCUT2D eigenvalue weighted by molar-refractivity contribution is 0.0926. The molecule has 3 rings (SSSR count). The highest BCUT2D eigenvalue weighted by Gasteiger charge is 2.19. The molecule has 0 fully saturated rings. The molecule has 2 N–H and O–H groups in total. The number of methoxy groups -OCH3 is 1. The third-order valence-corrected chi connectivity index (χ3v) is 5.05. The van der Waals surface area contributed by atoms with Crippen LogP contribution in [0.4, 0.5) is 0 Å². The van der Waals surface area contributed by atoms with Crippen LogP contribution in [-0.2, 0) is 0 Å². The smallest absolute Gasteiger partial charge is 0.256 e. The number of hydrogen-bond acceptors (Lipinski definition) is 3. The van der Waals surface area contributed by atoms with Crippen molar-refractivity contribution in [2.45, 2.75) is 0 Å². The minimum Gasteiger partial charge on any atom is -0.494 e. The van der Waals surface area contributed by atoms with Gasteiger partial charge in [-0.05, 0) is 35.4 Å². The van der Waals surface area contributed by atoms with Crippen molar-refractivity contribution in [1.29, 1.82) is 0 Å². The maximum atomic E-state index is 12.4. The van der Waals surface area contributed by atoms with E-state index in [1.807, 2.05) is 42.5 Å². The van der Waals surface area contributed by atoms with Crippen LogP contribution in [0.3, 0.4) is 0 Å². The molecule has 0 saturated heterocycles. The number of rotatable bonds is 7. The number of ether oxygens (including phenoxy) is 1. The van der Waals surface area contributed by atoms with Gasteiger partial charge in [-0.3, -0.25) is 9.59 Å². The van der Waals surface area contributed by atoms with Crippen LogP contribution < -0.4 is 15.4 Å². The molecule has 0 aromatic heterocycles. The lowest BCUT2D eigenvalue weighted by Gasteiger charge is -2.12. The second kappa shape index (κ2) is 10.1. The normalized spacial score (nSPS) is 10.4. The van der Waals surface area contributed by atoms with E-state index in [0.717, 1.165) is 11.1 Å². The molecular weight excluding hydrogens is 423 g/mol. The van der Waals surface area contributed by atoms with E-state index >= 15 is 0 Å². The molecule has 0 atom stereocenters. The highest BCUT2D eigenvalue weighted by atomic mass is 35.5. The van der Waals surface area contributed by atoms with Crippen molar-refractivity contribution in [3.63, 3.8) is 0 Å². The van der Waals surface area contributed by atoms with Crippen molar-refractivity contribution >= 4 is 35.0 Å². The van der Waals surface area contributed by atoms with Crippen LogP contribution in [0.1, 0.15) is 20.7 Å². The second-order valence-electron chi connectivity index (χ2n) is 6.39. The summed E-state index contributed by atoms with van der Waals surface area (Å²) in [5, 5.41) is 6.00. The van der Waals surface area contributed by atoms with Gasteiger partial charge < -0.3 is 15.4 Å². The third kappa shape index (κ3) is 5.12. The predicted molar refractivity (Wildman–Crippen MR) is 120 cm³/mol. The average molecular weight is 443 g/mol. The summed E-state index contributed by atoms with van der Waals surface area (Å²) in [7, 11) is 1.41. The SMILES string of the molecule is COc1c(Cl)ccc(Cl)c1C(=O)NCCNC(=O)c1ccc(-c2ccccc2)cc1. The summed E-state index contributed by atoms with van der Waals surface area (Å²) >= 11 is 12.2. The number of nitrogens with one attached hydrogen (secondary N) is 2. The van der Waals surface area contributed by atoms with E-state index in [1.165, 1.54) is 13.2 Å². The summed E-state index contributed by atoms with van der Waals surface area (Å²) < 4.78 is 5.18. The quantitative estimate of drug-likeness (QED) is 0.514. The van der Waals surface area contributed by atoms with Gasteiger partial charge in [0.15, 0.2) is 5.75 Å². The molecule has 0 bridgehead atoms.